The molecule has 0 bridgehead atoms. The number of benzene rings is 2. The molecule has 2 aromatic carbocycles. The van der Waals surface area contributed by atoms with E-state index in [1.165, 1.54) is 6.42 Å². The fourth-order valence-electron chi connectivity index (χ4n) is 3.53. The monoisotopic (exact) mass is 394 g/mol. The number of likely N-dealkylation sites (N-methyl/N-ethyl adjacent to an activating group) is 1. The van der Waals surface area contributed by atoms with Crippen LogP contribution in [0.3, 0.4) is 0 Å². The number of hydrogen-bond donors (Lipinski definition) is 2. The Balaban J connectivity index is 1.56. The van der Waals surface area contributed by atoms with Crippen LogP contribution in [0.25, 0.3) is 0 Å². The SMILES string of the molecule is Cc1ccc(NC(=O)CN(C)c2ccccc2)cc1NC(=O)CN1CCCCC1. The highest BCUT2D eigenvalue weighted by atomic mass is 16.2. The fraction of sp³-hybridized carbons (Fsp3) is 0.391. The third kappa shape index (κ3) is 6.32. The molecule has 0 atom stereocenters. The molecule has 3 rings (SSSR count). The van der Waals surface area contributed by atoms with Gasteiger partial charge in [0.15, 0.2) is 0 Å². The number of likely N-dealkylation sites (tertiary alicyclic amines) is 1. The van der Waals surface area contributed by atoms with Crippen molar-refractivity contribution >= 4 is 28.9 Å². The Morgan fingerprint density at radius 3 is 2.41 bits per heavy atom. The normalized spacial score (nSPS) is 14.3. The minimum absolute atomic E-state index is 0.0118. The van der Waals surface area contributed by atoms with Gasteiger partial charge in [0.2, 0.25) is 11.8 Å². The number of nitrogens with one attached hydrogen (secondary N) is 2. The highest BCUT2D eigenvalue weighted by molar-refractivity contribution is 5.96. The van der Waals surface area contributed by atoms with E-state index in [0.29, 0.717) is 12.2 Å². The van der Waals surface area contributed by atoms with Crippen molar-refractivity contribution in [3.63, 3.8) is 0 Å². The van der Waals surface area contributed by atoms with Gasteiger partial charge in [-0.3, -0.25) is 14.5 Å². The lowest BCUT2D eigenvalue weighted by atomic mass is 10.1. The Kier molecular flexibility index (Phi) is 7.25. The van der Waals surface area contributed by atoms with Gasteiger partial charge < -0.3 is 15.5 Å². The summed E-state index contributed by atoms with van der Waals surface area (Å²) in [5, 5.41) is 5.92. The first-order valence-corrected chi connectivity index (χ1v) is 10.2. The van der Waals surface area contributed by atoms with Crippen molar-refractivity contribution in [2.24, 2.45) is 0 Å². The summed E-state index contributed by atoms with van der Waals surface area (Å²) in [6.45, 7) is 4.58. The molecule has 0 aromatic heterocycles. The van der Waals surface area contributed by atoms with E-state index in [1.807, 2.05) is 67.4 Å². The molecule has 2 N–H and O–H groups in total. The van der Waals surface area contributed by atoms with Gasteiger partial charge in [-0.05, 0) is 62.7 Å². The van der Waals surface area contributed by atoms with Crippen LogP contribution < -0.4 is 15.5 Å². The quantitative estimate of drug-likeness (QED) is 0.754. The Bertz CT molecular complexity index is 832. The van der Waals surface area contributed by atoms with Crippen LogP contribution in [0.1, 0.15) is 24.8 Å². The van der Waals surface area contributed by atoms with Gasteiger partial charge in [0.25, 0.3) is 0 Å². The fourth-order valence-corrected chi connectivity index (χ4v) is 3.53. The van der Waals surface area contributed by atoms with Crippen LogP contribution >= 0.6 is 0 Å². The van der Waals surface area contributed by atoms with Gasteiger partial charge >= 0.3 is 0 Å². The second kappa shape index (κ2) is 10.1. The summed E-state index contributed by atoms with van der Waals surface area (Å²) in [7, 11) is 1.89. The van der Waals surface area contributed by atoms with Gasteiger partial charge in [-0.2, -0.15) is 0 Å². The van der Waals surface area contributed by atoms with E-state index in [0.717, 1.165) is 42.9 Å². The van der Waals surface area contributed by atoms with Crippen molar-refractivity contribution in [3.8, 4) is 0 Å². The van der Waals surface area contributed by atoms with Crippen molar-refractivity contribution < 1.29 is 9.59 Å². The molecule has 154 valence electrons. The molecule has 1 saturated heterocycles. The summed E-state index contributed by atoms with van der Waals surface area (Å²) >= 11 is 0. The first-order chi connectivity index (χ1) is 14.0. The van der Waals surface area contributed by atoms with E-state index in [2.05, 4.69) is 15.5 Å². The summed E-state index contributed by atoms with van der Waals surface area (Å²) < 4.78 is 0. The average molecular weight is 395 g/mol. The molecule has 6 heteroatoms. The molecule has 0 spiro atoms. The number of amides is 2. The number of carbonyl (C=O) groups excluding carboxylic acids is 2. The minimum atomic E-state index is -0.106. The topological polar surface area (TPSA) is 64.7 Å². The third-order valence-electron chi connectivity index (χ3n) is 5.19. The highest BCUT2D eigenvalue weighted by Crippen LogP contribution is 2.21. The second-order valence-corrected chi connectivity index (χ2v) is 7.65. The zero-order valence-corrected chi connectivity index (χ0v) is 17.3. The maximum Gasteiger partial charge on any atom is 0.243 e. The number of carbonyl (C=O) groups is 2. The average Bonchev–Trinajstić information content (AvgIpc) is 2.72. The lowest BCUT2D eigenvalue weighted by Crippen LogP contribution is -2.36. The van der Waals surface area contributed by atoms with Crippen molar-refractivity contribution in [1.29, 1.82) is 0 Å². The summed E-state index contributed by atoms with van der Waals surface area (Å²) in [4.78, 5) is 28.9. The molecule has 1 aliphatic heterocycles. The zero-order valence-electron chi connectivity index (χ0n) is 17.3. The molecule has 0 radical (unpaired) electrons. The third-order valence-corrected chi connectivity index (χ3v) is 5.19. The standard InChI is InChI=1S/C23H30N4O2/c1-18-11-12-19(24-22(28)16-26(2)20-9-5-3-6-10-20)15-21(18)25-23(29)17-27-13-7-4-8-14-27/h3,5-6,9-12,15H,4,7-8,13-14,16-17H2,1-2H3,(H,24,28)(H,25,29). The van der Waals surface area contributed by atoms with Crippen LogP contribution in [0.5, 0.6) is 0 Å². The molecular weight excluding hydrogens is 364 g/mol. The van der Waals surface area contributed by atoms with Gasteiger partial charge in [0.05, 0.1) is 13.1 Å². The first kappa shape index (κ1) is 20.9. The molecule has 0 unspecified atom stereocenters. The van der Waals surface area contributed by atoms with Crippen LogP contribution in [-0.2, 0) is 9.59 Å². The summed E-state index contributed by atoms with van der Waals surface area (Å²) in [5.41, 5.74) is 3.37. The lowest BCUT2D eigenvalue weighted by Gasteiger charge is -2.25. The summed E-state index contributed by atoms with van der Waals surface area (Å²) in [5.74, 6) is -0.118. The smallest absolute Gasteiger partial charge is 0.243 e. The van der Waals surface area contributed by atoms with Gasteiger partial charge in [-0.1, -0.05) is 30.7 Å². The predicted molar refractivity (Wildman–Crippen MR) is 118 cm³/mol. The van der Waals surface area contributed by atoms with Gasteiger partial charge in [0, 0.05) is 24.1 Å². The van der Waals surface area contributed by atoms with Crippen molar-refractivity contribution in [2.45, 2.75) is 26.2 Å². The largest absolute Gasteiger partial charge is 0.365 e. The molecule has 2 aromatic rings. The van der Waals surface area contributed by atoms with E-state index in [9.17, 15) is 9.59 Å². The molecule has 2 amide bonds. The predicted octanol–water partition coefficient (Wildman–Crippen LogP) is 3.49. The molecule has 6 nitrogen and oxygen atoms in total. The van der Waals surface area contributed by atoms with Crippen LogP contribution in [0.4, 0.5) is 17.1 Å². The number of nitrogens with zero attached hydrogens (tertiary/aromatic N) is 2. The zero-order chi connectivity index (χ0) is 20.6. The van der Waals surface area contributed by atoms with Gasteiger partial charge in [0.1, 0.15) is 0 Å². The lowest BCUT2D eigenvalue weighted by molar-refractivity contribution is -0.117. The van der Waals surface area contributed by atoms with E-state index < -0.39 is 0 Å². The van der Waals surface area contributed by atoms with Crippen molar-refractivity contribution in [2.75, 3.05) is 48.8 Å². The van der Waals surface area contributed by atoms with E-state index in [1.54, 1.807) is 0 Å². The maximum atomic E-state index is 12.4. The van der Waals surface area contributed by atoms with Crippen molar-refractivity contribution in [3.05, 3.63) is 54.1 Å². The minimum Gasteiger partial charge on any atom is -0.365 e. The van der Waals surface area contributed by atoms with Crippen molar-refractivity contribution in [1.82, 2.24) is 4.90 Å². The number of rotatable bonds is 7. The van der Waals surface area contributed by atoms with Crippen LogP contribution in [-0.4, -0.2) is 49.9 Å². The molecule has 29 heavy (non-hydrogen) atoms. The molecule has 0 aliphatic carbocycles. The summed E-state index contributed by atoms with van der Waals surface area (Å²) in [6, 6.07) is 15.4. The first-order valence-electron chi connectivity index (χ1n) is 10.2. The number of anilines is 3. The Morgan fingerprint density at radius 1 is 0.966 bits per heavy atom. The van der Waals surface area contributed by atoms with E-state index in [-0.39, 0.29) is 18.4 Å². The Labute approximate surface area is 172 Å². The van der Waals surface area contributed by atoms with Crippen LogP contribution in [0, 0.1) is 6.92 Å². The maximum absolute atomic E-state index is 12.4. The van der Waals surface area contributed by atoms with Gasteiger partial charge in [-0.25, -0.2) is 0 Å². The van der Waals surface area contributed by atoms with E-state index in [4.69, 9.17) is 0 Å². The Morgan fingerprint density at radius 2 is 1.69 bits per heavy atom. The van der Waals surface area contributed by atoms with Crippen LogP contribution in [0.2, 0.25) is 0 Å². The Hall–Kier alpha value is -2.86. The number of hydrogen-bond acceptors (Lipinski definition) is 4. The number of piperidine rings is 1. The number of para-hydroxylation sites is 1. The summed E-state index contributed by atoms with van der Waals surface area (Å²) in [6.07, 6.45) is 3.56. The molecule has 1 fully saturated rings. The highest BCUT2D eigenvalue weighted by Gasteiger charge is 2.15. The van der Waals surface area contributed by atoms with Crippen LogP contribution in [0.15, 0.2) is 48.5 Å². The molecular formula is C23H30N4O2. The molecule has 1 aliphatic rings. The molecule has 1 heterocycles. The second-order valence-electron chi connectivity index (χ2n) is 7.65. The van der Waals surface area contributed by atoms with E-state index >= 15 is 0 Å². The molecule has 0 saturated carbocycles. The van der Waals surface area contributed by atoms with Gasteiger partial charge in [-0.15, -0.1) is 0 Å². The number of aryl methyl sites for hydroxylation is 1.